The van der Waals surface area contributed by atoms with E-state index in [0.717, 1.165) is 0 Å². The van der Waals surface area contributed by atoms with Crippen LogP contribution in [0.25, 0.3) is 0 Å². The molecule has 1 amide bonds. The van der Waals surface area contributed by atoms with Gasteiger partial charge in [0.25, 0.3) is 5.91 Å². The van der Waals surface area contributed by atoms with E-state index in [2.05, 4.69) is 28.5 Å². The minimum atomic E-state index is -0.329. The SMILES string of the molecule is NNC(=S)NNC(=O)c1ccc(Cl)cc1. The first-order valence-corrected chi connectivity index (χ1v) is 4.74. The molecule has 0 fully saturated rings. The molecule has 0 bridgehead atoms. The molecule has 0 heterocycles. The minimum Gasteiger partial charge on any atom is -0.300 e. The molecule has 0 atom stereocenters. The summed E-state index contributed by atoms with van der Waals surface area (Å²) in [6.45, 7) is 0. The number of rotatable bonds is 1. The van der Waals surface area contributed by atoms with Crippen molar-refractivity contribution in [3.8, 4) is 0 Å². The standard InChI is InChI=1S/C8H9ClN4OS/c9-6-3-1-5(2-4-6)7(14)12-13-8(15)11-10/h1-4H,10H2,(H,12,14)(H2,11,13,15). The van der Waals surface area contributed by atoms with Crippen molar-refractivity contribution in [2.24, 2.45) is 5.84 Å². The summed E-state index contributed by atoms with van der Waals surface area (Å²) in [5.74, 6) is 4.66. The summed E-state index contributed by atoms with van der Waals surface area (Å²) in [5.41, 5.74) is 7.39. The highest BCUT2D eigenvalue weighted by molar-refractivity contribution is 7.80. The largest absolute Gasteiger partial charge is 0.300 e. The van der Waals surface area contributed by atoms with E-state index in [1.54, 1.807) is 24.3 Å². The van der Waals surface area contributed by atoms with Gasteiger partial charge in [-0.25, -0.2) is 5.84 Å². The van der Waals surface area contributed by atoms with Crippen LogP contribution in [0.4, 0.5) is 0 Å². The van der Waals surface area contributed by atoms with Crippen LogP contribution < -0.4 is 22.1 Å². The molecule has 0 spiro atoms. The van der Waals surface area contributed by atoms with Gasteiger partial charge in [-0.1, -0.05) is 11.6 Å². The van der Waals surface area contributed by atoms with Crippen molar-refractivity contribution in [2.45, 2.75) is 0 Å². The number of benzene rings is 1. The van der Waals surface area contributed by atoms with Crippen LogP contribution in [0.1, 0.15) is 10.4 Å². The molecular weight excluding hydrogens is 236 g/mol. The Morgan fingerprint density at radius 1 is 1.27 bits per heavy atom. The summed E-state index contributed by atoms with van der Waals surface area (Å²) in [5, 5.41) is 0.691. The first-order chi connectivity index (χ1) is 7.13. The summed E-state index contributed by atoms with van der Waals surface area (Å²) in [6.07, 6.45) is 0. The predicted molar refractivity (Wildman–Crippen MR) is 62.0 cm³/mol. The van der Waals surface area contributed by atoms with Gasteiger partial charge >= 0.3 is 0 Å². The van der Waals surface area contributed by atoms with Crippen molar-refractivity contribution < 1.29 is 4.79 Å². The molecule has 5 nitrogen and oxygen atoms in total. The maximum Gasteiger partial charge on any atom is 0.269 e. The molecule has 1 rings (SSSR count). The molecule has 0 aliphatic heterocycles. The molecule has 7 heteroatoms. The van der Waals surface area contributed by atoms with Crippen LogP contribution in [0.15, 0.2) is 24.3 Å². The average molecular weight is 245 g/mol. The summed E-state index contributed by atoms with van der Waals surface area (Å²) in [7, 11) is 0. The second kappa shape index (κ2) is 5.50. The Morgan fingerprint density at radius 3 is 2.40 bits per heavy atom. The van der Waals surface area contributed by atoms with Gasteiger partial charge < -0.3 is 0 Å². The van der Waals surface area contributed by atoms with E-state index in [1.807, 2.05) is 0 Å². The molecule has 0 radical (unpaired) electrons. The zero-order valence-corrected chi connectivity index (χ0v) is 9.15. The number of amides is 1. The fourth-order valence-electron chi connectivity index (χ4n) is 0.823. The summed E-state index contributed by atoms with van der Waals surface area (Å²) < 4.78 is 0. The van der Waals surface area contributed by atoms with Crippen LogP contribution in [0.5, 0.6) is 0 Å². The zero-order chi connectivity index (χ0) is 11.3. The zero-order valence-electron chi connectivity index (χ0n) is 7.58. The smallest absolute Gasteiger partial charge is 0.269 e. The maximum absolute atomic E-state index is 11.4. The topological polar surface area (TPSA) is 79.2 Å². The lowest BCUT2D eigenvalue weighted by Crippen LogP contribution is -2.48. The number of hydrogen-bond acceptors (Lipinski definition) is 3. The van der Waals surface area contributed by atoms with Crippen LogP contribution in [-0.4, -0.2) is 11.0 Å². The molecular formula is C8H9ClN4OS. The van der Waals surface area contributed by atoms with Crippen LogP contribution in [0.3, 0.4) is 0 Å². The van der Waals surface area contributed by atoms with E-state index in [9.17, 15) is 4.79 Å². The Morgan fingerprint density at radius 2 is 1.87 bits per heavy atom. The molecule has 1 aromatic rings. The molecule has 15 heavy (non-hydrogen) atoms. The van der Waals surface area contributed by atoms with Crippen molar-refractivity contribution in [1.29, 1.82) is 0 Å². The summed E-state index contributed by atoms with van der Waals surface area (Å²) >= 11 is 10.3. The highest BCUT2D eigenvalue weighted by atomic mass is 35.5. The fourth-order valence-corrected chi connectivity index (χ4v) is 1.00. The molecule has 5 N–H and O–H groups in total. The van der Waals surface area contributed by atoms with Gasteiger partial charge in [-0.05, 0) is 36.5 Å². The third-order valence-corrected chi connectivity index (χ3v) is 2.00. The molecule has 0 aliphatic carbocycles. The third-order valence-electron chi connectivity index (χ3n) is 1.53. The Balaban J connectivity index is 2.54. The third kappa shape index (κ3) is 3.70. The molecule has 0 unspecified atom stereocenters. The monoisotopic (exact) mass is 244 g/mol. The second-order valence-electron chi connectivity index (χ2n) is 2.56. The minimum absolute atomic E-state index is 0.123. The second-order valence-corrected chi connectivity index (χ2v) is 3.40. The maximum atomic E-state index is 11.4. The van der Waals surface area contributed by atoms with Gasteiger partial charge in [0, 0.05) is 10.6 Å². The van der Waals surface area contributed by atoms with E-state index >= 15 is 0 Å². The van der Waals surface area contributed by atoms with Crippen LogP contribution in [0, 0.1) is 0 Å². The van der Waals surface area contributed by atoms with Crippen molar-refractivity contribution in [1.82, 2.24) is 16.3 Å². The average Bonchev–Trinajstić information content (AvgIpc) is 2.26. The highest BCUT2D eigenvalue weighted by Crippen LogP contribution is 2.08. The number of hydrogen-bond donors (Lipinski definition) is 4. The molecule has 1 aromatic carbocycles. The Hall–Kier alpha value is -1.37. The van der Waals surface area contributed by atoms with Gasteiger partial charge in [0.1, 0.15) is 0 Å². The van der Waals surface area contributed by atoms with Gasteiger partial charge in [-0.2, -0.15) is 0 Å². The van der Waals surface area contributed by atoms with E-state index < -0.39 is 0 Å². The highest BCUT2D eigenvalue weighted by Gasteiger charge is 2.04. The fraction of sp³-hybridized carbons (Fsp3) is 0. The van der Waals surface area contributed by atoms with Crippen molar-refractivity contribution >= 4 is 34.8 Å². The van der Waals surface area contributed by atoms with E-state index in [-0.39, 0.29) is 11.0 Å². The van der Waals surface area contributed by atoms with Crippen molar-refractivity contribution in [3.63, 3.8) is 0 Å². The molecule has 80 valence electrons. The number of nitrogens with one attached hydrogen (secondary N) is 3. The van der Waals surface area contributed by atoms with E-state index in [4.69, 9.17) is 17.4 Å². The number of carbonyl (C=O) groups excluding carboxylic acids is 1. The van der Waals surface area contributed by atoms with Gasteiger partial charge in [0.2, 0.25) is 0 Å². The molecule has 0 saturated carbocycles. The van der Waals surface area contributed by atoms with Gasteiger partial charge in [-0.15, -0.1) is 0 Å². The van der Waals surface area contributed by atoms with Gasteiger partial charge in [0.15, 0.2) is 5.11 Å². The van der Waals surface area contributed by atoms with E-state index in [0.29, 0.717) is 10.6 Å². The molecule has 0 saturated heterocycles. The lowest BCUT2D eigenvalue weighted by Gasteiger charge is -2.08. The normalized spacial score (nSPS) is 9.20. The molecule has 0 aliphatic rings. The van der Waals surface area contributed by atoms with Crippen LogP contribution in [-0.2, 0) is 0 Å². The Labute approximate surface area is 96.9 Å². The summed E-state index contributed by atoms with van der Waals surface area (Å²) in [6, 6.07) is 6.43. The number of hydrazine groups is 2. The first kappa shape index (κ1) is 11.7. The Bertz CT molecular complexity index is 367. The number of halogens is 1. The lowest BCUT2D eigenvalue weighted by atomic mass is 10.2. The van der Waals surface area contributed by atoms with Gasteiger partial charge in [0.05, 0.1) is 0 Å². The first-order valence-electron chi connectivity index (χ1n) is 3.96. The predicted octanol–water partition coefficient (Wildman–Crippen LogP) is 0.323. The Kier molecular flexibility index (Phi) is 4.29. The van der Waals surface area contributed by atoms with Crippen LogP contribution >= 0.6 is 23.8 Å². The number of thiocarbonyl (C=S) groups is 1. The van der Waals surface area contributed by atoms with E-state index in [1.165, 1.54) is 0 Å². The van der Waals surface area contributed by atoms with Crippen molar-refractivity contribution in [3.05, 3.63) is 34.9 Å². The molecule has 0 aromatic heterocycles. The van der Waals surface area contributed by atoms with Crippen LogP contribution in [0.2, 0.25) is 5.02 Å². The quantitative estimate of drug-likeness (QED) is 0.325. The van der Waals surface area contributed by atoms with Gasteiger partial charge in [-0.3, -0.25) is 21.1 Å². The summed E-state index contributed by atoms with van der Waals surface area (Å²) in [4.78, 5) is 11.4. The lowest BCUT2D eigenvalue weighted by molar-refractivity contribution is 0.0943. The number of carbonyl (C=O) groups is 1. The number of nitrogens with two attached hydrogens (primary N) is 1. The van der Waals surface area contributed by atoms with Crippen molar-refractivity contribution in [2.75, 3.05) is 0 Å².